The van der Waals surface area contributed by atoms with Crippen molar-refractivity contribution in [2.45, 2.75) is 6.10 Å². The molecule has 0 amide bonds. The molecule has 0 saturated heterocycles. The molecule has 26 heavy (non-hydrogen) atoms. The van der Waals surface area contributed by atoms with Crippen LogP contribution in [0.15, 0.2) is 48.5 Å². The summed E-state index contributed by atoms with van der Waals surface area (Å²) in [5, 5.41) is 10.3. The van der Waals surface area contributed by atoms with E-state index in [1.165, 1.54) is 0 Å². The summed E-state index contributed by atoms with van der Waals surface area (Å²) in [7, 11) is 12.5. The molecule has 0 fully saturated rings. The number of benzene rings is 2. The summed E-state index contributed by atoms with van der Waals surface area (Å²) < 4.78 is 13.0. The van der Waals surface area contributed by atoms with Gasteiger partial charge < -0.3 is 14.6 Å². The van der Waals surface area contributed by atoms with Gasteiger partial charge in [-0.15, -0.1) is 0 Å². The molecule has 0 bridgehead atoms. The van der Waals surface area contributed by atoms with Crippen molar-refractivity contribution in [3.63, 3.8) is 0 Å². The molecule has 0 spiro atoms. The lowest BCUT2D eigenvalue weighted by Gasteiger charge is -2.26. The molecule has 0 saturated carbocycles. The number of aliphatic hydroxyl groups excluding tert-OH is 1. The van der Waals surface area contributed by atoms with Crippen LogP contribution in [0.4, 0.5) is 11.4 Å². The van der Waals surface area contributed by atoms with Crippen LogP contribution >= 0.6 is 0 Å². The number of hydrogen-bond acceptors (Lipinski definition) is 3. The van der Waals surface area contributed by atoms with Gasteiger partial charge in [-0.1, -0.05) is 24.3 Å². The largest absolute Gasteiger partial charge is 0.485 e. The lowest BCUT2D eigenvalue weighted by Crippen LogP contribution is -2.36. The molecule has 0 unspecified atom stereocenters. The maximum atomic E-state index is 10.3. The fourth-order valence-corrected chi connectivity index (χ4v) is 2.69. The Bertz CT molecular complexity index is 656. The van der Waals surface area contributed by atoms with Crippen LogP contribution in [0.3, 0.4) is 0 Å². The maximum Gasteiger partial charge on any atom is 0.180 e. The molecule has 5 nitrogen and oxygen atoms in total. The van der Waals surface area contributed by atoms with Gasteiger partial charge in [-0.05, 0) is 12.1 Å². The Morgan fingerprint density at radius 2 is 1.04 bits per heavy atom. The highest BCUT2D eigenvalue weighted by Gasteiger charge is 2.21. The fourth-order valence-electron chi connectivity index (χ4n) is 2.69. The second-order valence-electron chi connectivity index (χ2n) is 8.24. The predicted octanol–water partition coefficient (Wildman–Crippen LogP) is 2.90. The molecule has 1 N–H and O–H groups in total. The van der Waals surface area contributed by atoms with E-state index in [0.29, 0.717) is 8.97 Å². The summed E-state index contributed by atoms with van der Waals surface area (Å²) in [5.41, 5.74) is 2.13. The normalized spacial score (nSPS) is 12.3. The van der Waals surface area contributed by atoms with E-state index in [1.54, 1.807) is 0 Å². The Labute approximate surface area is 157 Å². The van der Waals surface area contributed by atoms with Crippen LogP contribution < -0.4 is 18.4 Å². The van der Waals surface area contributed by atoms with Gasteiger partial charge in [-0.3, -0.25) is 8.97 Å². The van der Waals surface area contributed by atoms with Gasteiger partial charge in [0.2, 0.25) is 0 Å². The topological polar surface area (TPSA) is 38.7 Å². The molecule has 0 aromatic heterocycles. The van der Waals surface area contributed by atoms with E-state index in [1.807, 2.05) is 48.5 Å². The molecule has 0 heterocycles. The highest BCUT2D eigenvalue weighted by molar-refractivity contribution is 5.55. The minimum atomic E-state index is -0.712. The molecule has 0 radical (unpaired) electrons. The van der Waals surface area contributed by atoms with E-state index in [-0.39, 0.29) is 13.2 Å². The van der Waals surface area contributed by atoms with Crippen molar-refractivity contribution in [1.82, 2.24) is 8.97 Å². The molecule has 2 rings (SSSR count). The van der Waals surface area contributed by atoms with Crippen LogP contribution in [0.2, 0.25) is 0 Å². The lowest BCUT2D eigenvalue weighted by molar-refractivity contribution is 0.0620. The van der Waals surface area contributed by atoms with E-state index in [2.05, 4.69) is 42.3 Å². The maximum absolute atomic E-state index is 10.3. The average molecular weight is 360 g/mol. The molecule has 5 heteroatoms. The predicted molar refractivity (Wildman–Crippen MR) is 109 cm³/mol. The Kier molecular flexibility index (Phi) is 6.29. The second-order valence-corrected chi connectivity index (χ2v) is 8.24. The summed E-state index contributed by atoms with van der Waals surface area (Å²) in [4.78, 5) is 0. The SMILES string of the molecule is C[N+](C)(C)c1ccccc1OCC(O)COc1ccccc1[N+](C)(C)C. The van der Waals surface area contributed by atoms with Gasteiger partial charge in [0.1, 0.15) is 19.3 Å². The monoisotopic (exact) mass is 360 g/mol. The third-order valence-corrected chi connectivity index (χ3v) is 4.04. The third-order valence-electron chi connectivity index (χ3n) is 4.04. The minimum absolute atomic E-state index is 0.184. The lowest BCUT2D eigenvalue weighted by atomic mass is 10.2. The fraction of sp³-hybridized carbons (Fsp3) is 0.429. The van der Waals surface area contributed by atoms with Gasteiger partial charge in [0.25, 0.3) is 0 Å². The van der Waals surface area contributed by atoms with Gasteiger partial charge in [-0.2, -0.15) is 0 Å². The zero-order valence-corrected chi connectivity index (χ0v) is 16.8. The van der Waals surface area contributed by atoms with Crippen molar-refractivity contribution >= 4 is 11.4 Å². The molecule has 0 aliphatic rings. The van der Waals surface area contributed by atoms with Crippen molar-refractivity contribution in [3.8, 4) is 11.5 Å². The van der Waals surface area contributed by atoms with Crippen molar-refractivity contribution in [3.05, 3.63) is 48.5 Å². The van der Waals surface area contributed by atoms with Crippen LogP contribution in [0.1, 0.15) is 0 Å². The summed E-state index contributed by atoms with van der Waals surface area (Å²) in [5.74, 6) is 1.57. The number of ether oxygens (including phenoxy) is 2. The van der Waals surface area contributed by atoms with E-state index in [9.17, 15) is 5.11 Å². The molecule has 0 aliphatic carbocycles. The smallest absolute Gasteiger partial charge is 0.180 e. The number of quaternary nitrogens is 2. The number of nitrogens with zero attached hydrogens (tertiary/aromatic N) is 2. The van der Waals surface area contributed by atoms with E-state index in [0.717, 1.165) is 22.9 Å². The van der Waals surface area contributed by atoms with E-state index in [4.69, 9.17) is 9.47 Å². The Morgan fingerprint density at radius 1 is 0.692 bits per heavy atom. The highest BCUT2D eigenvalue weighted by Crippen LogP contribution is 2.31. The molecule has 0 atom stereocenters. The third kappa shape index (κ3) is 5.46. The van der Waals surface area contributed by atoms with Crippen molar-refractivity contribution < 1.29 is 14.6 Å². The van der Waals surface area contributed by atoms with Crippen LogP contribution in [0.5, 0.6) is 11.5 Å². The van der Waals surface area contributed by atoms with Gasteiger partial charge in [-0.25, -0.2) is 0 Å². The van der Waals surface area contributed by atoms with Gasteiger partial charge in [0.15, 0.2) is 22.9 Å². The van der Waals surface area contributed by atoms with Crippen molar-refractivity contribution in [2.24, 2.45) is 0 Å². The van der Waals surface area contributed by atoms with Gasteiger partial charge >= 0.3 is 0 Å². The zero-order valence-electron chi connectivity index (χ0n) is 16.8. The van der Waals surface area contributed by atoms with Crippen LogP contribution in [0, 0.1) is 0 Å². The summed E-state index contributed by atoms with van der Waals surface area (Å²) in [6.07, 6.45) is -0.712. The Morgan fingerprint density at radius 3 is 1.38 bits per heavy atom. The second kappa shape index (κ2) is 8.08. The highest BCUT2D eigenvalue weighted by atomic mass is 16.5. The van der Waals surface area contributed by atoms with Crippen molar-refractivity contribution in [2.75, 3.05) is 55.5 Å². The van der Waals surface area contributed by atoms with Crippen LogP contribution in [-0.2, 0) is 0 Å². The number of hydrogen-bond donors (Lipinski definition) is 1. The molecule has 0 aliphatic heterocycles. The first-order valence-electron chi connectivity index (χ1n) is 8.85. The first-order valence-corrected chi connectivity index (χ1v) is 8.85. The first kappa shape index (κ1) is 20.2. The zero-order chi connectivity index (χ0) is 19.4. The Hall–Kier alpha value is -2.08. The van der Waals surface area contributed by atoms with Crippen LogP contribution in [-0.4, -0.2) is 66.7 Å². The first-order chi connectivity index (χ1) is 12.1. The van der Waals surface area contributed by atoms with Gasteiger partial charge in [0.05, 0.1) is 42.3 Å². The number of para-hydroxylation sites is 4. The summed E-state index contributed by atoms with van der Waals surface area (Å²) >= 11 is 0. The van der Waals surface area contributed by atoms with E-state index >= 15 is 0 Å². The molecular formula is C21H32N2O3+2. The molecule has 2 aromatic carbocycles. The number of aliphatic hydroxyl groups is 1. The average Bonchev–Trinajstić information content (AvgIpc) is 2.57. The quantitative estimate of drug-likeness (QED) is 0.736. The van der Waals surface area contributed by atoms with E-state index < -0.39 is 6.10 Å². The van der Waals surface area contributed by atoms with Crippen molar-refractivity contribution in [1.29, 1.82) is 0 Å². The molecule has 142 valence electrons. The standard InChI is InChI=1S/C21H32N2O3/c1-22(2,3)18-11-7-9-13-20(18)25-15-17(24)16-26-21-14-10-8-12-19(21)23(4,5)6/h7-14,17,24H,15-16H2,1-6H3/q+2. The minimum Gasteiger partial charge on any atom is -0.485 e. The van der Waals surface area contributed by atoms with Gasteiger partial charge in [0, 0.05) is 12.1 Å². The molecular weight excluding hydrogens is 328 g/mol. The summed E-state index contributed by atoms with van der Waals surface area (Å²) in [6, 6.07) is 15.8. The molecule has 2 aromatic rings. The Balaban J connectivity index is 1.97. The van der Waals surface area contributed by atoms with Crippen LogP contribution in [0.25, 0.3) is 0 Å². The number of rotatable bonds is 8. The summed E-state index contributed by atoms with van der Waals surface area (Å²) in [6.45, 7) is 0.368.